The van der Waals surface area contributed by atoms with Crippen molar-refractivity contribution in [2.24, 2.45) is 11.5 Å². The summed E-state index contributed by atoms with van der Waals surface area (Å²) in [6.07, 6.45) is 0. The molecule has 0 bridgehead atoms. The number of hydrogen-bond donors (Lipinski definition) is 4. The molecule has 0 rings (SSSR count). The van der Waals surface area contributed by atoms with E-state index in [2.05, 4.69) is 49.7 Å². The molecule has 1 radical (unpaired) electrons. The second-order valence-electron chi connectivity index (χ2n) is 0.676. The Balaban J connectivity index is -0.0000000300. The van der Waals surface area contributed by atoms with Gasteiger partial charge in [0.25, 0.3) is 0 Å². The van der Waals surface area contributed by atoms with Crippen LogP contribution >= 0.6 is 49.7 Å². The van der Waals surface area contributed by atoms with Crippen LogP contribution in [0.25, 0.3) is 0 Å². The van der Waals surface area contributed by atoms with E-state index in [0.29, 0.717) is 0 Å². The van der Waals surface area contributed by atoms with E-state index in [1.54, 1.807) is 0 Å². The monoisotopic (exact) mass is 305 g/mol. The van der Waals surface area contributed by atoms with Gasteiger partial charge in [0.15, 0.2) is 0 Å². The average molecular weight is 307 g/mol. The van der Waals surface area contributed by atoms with Crippen LogP contribution in [0.3, 0.4) is 0 Å². The molecular formula is C2H6MnN2S4Zn. The second-order valence-corrected chi connectivity index (χ2v) is 3.12. The molecule has 0 aliphatic rings. The summed E-state index contributed by atoms with van der Waals surface area (Å²) in [5.74, 6) is 0. The third-order valence-corrected chi connectivity index (χ3v) is 0. The van der Waals surface area contributed by atoms with Crippen LogP contribution in [0.1, 0.15) is 0 Å². The minimum absolute atomic E-state index is 0. The summed E-state index contributed by atoms with van der Waals surface area (Å²) in [6, 6.07) is 0. The Hall–Kier alpha value is 1.62. The first-order valence-electron chi connectivity index (χ1n) is 1.43. The van der Waals surface area contributed by atoms with Gasteiger partial charge in [-0.15, -0.1) is 25.3 Å². The van der Waals surface area contributed by atoms with Gasteiger partial charge >= 0.3 is 0 Å². The molecule has 4 N–H and O–H groups in total. The number of rotatable bonds is 0. The number of thiol groups is 2. The summed E-state index contributed by atoms with van der Waals surface area (Å²) in [4.78, 5) is 0. The first-order chi connectivity index (χ1) is 3.46. The fourth-order valence-electron chi connectivity index (χ4n) is 0. The molecule has 2 nitrogen and oxygen atoms in total. The molecule has 0 aromatic heterocycles. The van der Waals surface area contributed by atoms with Crippen molar-refractivity contribution in [3.8, 4) is 0 Å². The van der Waals surface area contributed by atoms with E-state index in [0.717, 1.165) is 0 Å². The fraction of sp³-hybridized carbons (Fsp3) is 0. The SMILES string of the molecule is NC(=S)S.NC(=S)S.[Mn].[Zn]. The zero-order valence-electron chi connectivity index (χ0n) is 4.95. The predicted octanol–water partition coefficient (Wildman–Crippen LogP) is 0.315. The number of thiocarbonyl (C=S) groups is 2. The zero-order valence-corrected chi connectivity index (χ0v) is 12.5. The topological polar surface area (TPSA) is 52.0 Å². The maximum Gasteiger partial charge on any atom is 0.128 e. The average Bonchev–Trinajstić information content (AvgIpc) is 1.25. The van der Waals surface area contributed by atoms with Crippen molar-refractivity contribution in [2.75, 3.05) is 0 Å². The van der Waals surface area contributed by atoms with Crippen LogP contribution in [0.4, 0.5) is 0 Å². The zero-order chi connectivity index (χ0) is 7.15. The van der Waals surface area contributed by atoms with Gasteiger partial charge < -0.3 is 11.5 Å². The van der Waals surface area contributed by atoms with Gasteiger partial charge in [0.05, 0.1) is 0 Å². The van der Waals surface area contributed by atoms with Crippen molar-refractivity contribution in [2.45, 2.75) is 0 Å². The van der Waals surface area contributed by atoms with Crippen LogP contribution in [0.5, 0.6) is 0 Å². The van der Waals surface area contributed by atoms with E-state index in [1.807, 2.05) is 0 Å². The second kappa shape index (κ2) is 16.9. The molecule has 0 fully saturated rings. The predicted molar refractivity (Wildman–Crippen MR) is 51.5 cm³/mol. The van der Waals surface area contributed by atoms with Crippen molar-refractivity contribution >= 4 is 58.3 Å². The van der Waals surface area contributed by atoms with Crippen molar-refractivity contribution in [1.82, 2.24) is 0 Å². The van der Waals surface area contributed by atoms with Crippen LogP contribution in [0.15, 0.2) is 0 Å². The van der Waals surface area contributed by atoms with Crippen LogP contribution in [-0.4, -0.2) is 8.64 Å². The van der Waals surface area contributed by atoms with Crippen LogP contribution in [0, 0.1) is 0 Å². The molecule has 0 aromatic rings. The Morgan fingerprint density at radius 3 is 1.00 bits per heavy atom. The molecule has 0 amide bonds. The van der Waals surface area contributed by atoms with Gasteiger partial charge in [0, 0.05) is 36.5 Å². The summed E-state index contributed by atoms with van der Waals surface area (Å²) in [5.41, 5.74) is 9.41. The molecule has 0 aromatic carbocycles. The Bertz CT molecular complexity index is 79.3. The summed E-state index contributed by atoms with van der Waals surface area (Å²) in [6.45, 7) is 0. The molecule has 0 aliphatic heterocycles. The Kier molecular flexibility index (Phi) is 38.2. The minimum Gasteiger partial charge on any atom is -0.385 e. The quantitative estimate of drug-likeness (QED) is 0.296. The largest absolute Gasteiger partial charge is 0.385 e. The van der Waals surface area contributed by atoms with Gasteiger partial charge in [-0.3, -0.25) is 0 Å². The van der Waals surface area contributed by atoms with Gasteiger partial charge in [-0.1, -0.05) is 24.4 Å². The van der Waals surface area contributed by atoms with E-state index in [9.17, 15) is 0 Å². The molecule has 0 aliphatic carbocycles. The molecule has 0 unspecified atom stereocenters. The van der Waals surface area contributed by atoms with Crippen molar-refractivity contribution in [1.29, 1.82) is 0 Å². The summed E-state index contributed by atoms with van der Waals surface area (Å²) in [5, 5.41) is 0. The van der Waals surface area contributed by atoms with Gasteiger partial charge in [-0.2, -0.15) is 0 Å². The maximum atomic E-state index is 4.71. The molecule has 0 heterocycles. The number of hydrogen-bond acceptors (Lipinski definition) is 2. The maximum absolute atomic E-state index is 4.71. The third kappa shape index (κ3) is 272. The summed E-state index contributed by atoms with van der Waals surface area (Å²) >= 11 is 15.3. The van der Waals surface area contributed by atoms with E-state index < -0.39 is 0 Å². The molecule has 8 heteroatoms. The van der Waals surface area contributed by atoms with E-state index in [1.165, 1.54) is 0 Å². The van der Waals surface area contributed by atoms with E-state index in [-0.39, 0.29) is 45.2 Å². The standard InChI is InChI=1S/2CH3NS2.Mn.Zn/c2*2-1(3)4;;/h2*(H3,2,3,4);;. The first kappa shape index (κ1) is 22.6. The van der Waals surface area contributed by atoms with Crippen molar-refractivity contribution < 1.29 is 36.5 Å². The fourth-order valence-corrected chi connectivity index (χ4v) is 0. The van der Waals surface area contributed by atoms with Crippen LogP contribution in [-0.2, 0) is 36.5 Å². The van der Waals surface area contributed by atoms with Gasteiger partial charge in [-0.25, -0.2) is 0 Å². The molecule has 0 spiro atoms. The Labute approximate surface area is 105 Å². The smallest absolute Gasteiger partial charge is 0.128 e. The third-order valence-electron chi connectivity index (χ3n) is 0. The molecule has 0 atom stereocenters. The van der Waals surface area contributed by atoms with E-state index >= 15 is 0 Å². The van der Waals surface area contributed by atoms with E-state index in [4.69, 9.17) is 11.5 Å². The summed E-state index contributed by atoms with van der Waals surface area (Å²) < 4.78 is 0.389. The normalized spacial score (nSPS) is 5.00. The minimum atomic E-state index is 0. The molecule has 57 valence electrons. The summed E-state index contributed by atoms with van der Waals surface area (Å²) in [7, 11) is 0. The van der Waals surface area contributed by atoms with Crippen molar-refractivity contribution in [3.05, 3.63) is 0 Å². The van der Waals surface area contributed by atoms with Gasteiger partial charge in [0.1, 0.15) is 8.64 Å². The number of nitrogens with two attached hydrogens (primary N) is 2. The Morgan fingerprint density at radius 2 is 1.00 bits per heavy atom. The molecule has 0 saturated carbocycles. The Morgan fingerprint density at radius 1 is 1.00 bits per heavy atom. The molecule has 10 heavy (non-hydrogen) atoms. The first-order valence-corrected chi connectivity index (χ1v) is 3.14. The molecule has 0 saturated heterocycles. The molecular weight excluding hydrogens is 301 g/mol. The van der Waals surface area contributed by atoms with Crippen molar-refractivity contribution in [3.63, 3.8) is 0 Å². The van der Waals surface area contributed by atoms with Gasteiger partial charge in [-0.05, 0) is 0 Å². The van der Waals surface area contributed by atoms with Gasteiger partial charge in [0.2, 0.25) is 0 Å². The van der Waals surface area contributed by atoms with Crippen LogP contribution in [0.2, 0.25) is 0 Å². The van der Waals surface area contributed by atoms with Crippen LogP contribution < -0.4 is 11.5 Å².